The lowest BCUT2D eigenvalue weighted by Crippen LogP contribution is -2.33. The second kappa shape index (κ2) is 6.11. The molecule has 1 atom stereocenters. The van der Waals surface area contributed by atoms with Gasteiger partial charge in [0.1, 0.15) is 11.6 Å². The summed E-state index contributed by atoms with van der Waals surface area (Å²) in [5.74, 6) is -0.814. The zero-order valence-electron chi connectivity index (χ0n) is 11.3. The first kappa shape index (κ1) is 15.6. The lowest BCUT2D eigenvalue weighted by molar-refractivity contribution is 0.266. The molecule has 0 amide bonds. The molecule has 1 nitrogen and oxygen atoms in total. The van der Waals surface area contributed by atoms with Crippen LogP contribution < -0.4 is 5.32 Å². The summed E-state index contributed by atoms with van der Waals surface area (Å²) in [6, 6.07) is 2.26. The molecule has 4 heteroatoms. The van der Waals surface area contributed by atoms with Gasteiger partial charge in [-0.25, -0.2) is 8.78 Å². The van der Waals surface area contributed by atoms with Crippen LogP contribution in [0.5, 0.6) is 0 Å². The molecule has 0 radical (unpaired) electrons. The van der Waals surface area contributed by atoms with Gasteiger partial charge in [0.25, 0.3) is 0 Å². The third-order valence-corrected chi connectivity index (χ3v) is 3.42. The zero-order chi connectivity index (χ0) is 13.9. The van der Waals surface area contributed by atoms with E-state index in [4.69, 9.17) is 0 Å². The van der Waals surface area contributed by atoms with Gasteiger partial charge in [-0.05, 0) is 46.4 Å². The molecule has 0 saturated heterocycles. The molecule has 0 saturated carbocycles. The van der Waals surface area contributed by atoms with E-state index in [0.717, 1.165) is 13.0 Å². The zero-order valence-corrected chi connectivity index (χ0v) is 12.9. The van der Waals surface area contributed by atoms with E-state index in [0.29, 0.717) is 5.56 Å². The van der Waals surface area contributed by atoms with Gasteiger partial charge in [0.15, 0.2) is 0 Å². The van der Waals surface area contributed by atoms with Crippen LogP contribution in [0, 0.1) is 17.0 Å². The first-order chi connectivity index (χ1) is 8.27. The summed E-state index contributed by atoms with van der Waals surface area (Å²) in [6.07, 6.45) is 0.952. The Balaban J connectivity index is 3.16. The van der Waals surface area contributed by atoms with Gasteiger partial charge in [0, 0.05) is 11.6 Å². The molecule has 1 unspecified atom stereocenters. The minimum atomic E-state index is -0.432. The van der Waals surface area contributed by atoms with Crippen molar-refractivity contribution in [1.29, 1.82) is 0 Å². The molecule has 0 spiro atoms. The fourth-order valence-electron chi connectivity index (χ4n) is 1.93. The molecule has 18 heavy (non-hydrogen) atoms. The first-order valence-corrected chi connectivity index (χ1v) is 6.94. The molecule has 0 heterocycles. The smallest absolute Gasteiger partial charge is 0.137 e. The van der Waals surface area contributed by atoms with E-state index >= 15 is 0 Å². The Bertz CT molecular complexity index is 413. The predicted molar refractivity (Wildman–Crippen MR) is 74.5 cm³/mol. The lowest BCUT2D eigenvalue weighted by Gasteiger charge is -2.32. The van der Waals surface area contributed by atoms with Crippen molar-refractivity contribution in [2.45, 2.75) is 40.2 Å². The van der Waals surface area contributed by atoms with Gasteiger partial charge in [-0.1, -0.05) is 27.7 Å². The highest BCUT2D eigenvalue weighted by atomic mass is 79.9. The van der Waals surface area contributed by atoms with Crippen LogP contribution in [0.4, 0.5) is 8.78 Å². The molecular weight excluding hydrogens is 300 g/mol. The van der Waals surface area contributed by atoms with Gasteiger partial charge in [0.2, 0.25) is 0 Å². The first-order valence-electron chi connectivity index (χ1n) is 6.15. The van der Waals surface area contributed by atoms with Gasteiger partial charge >= 0.3 is 0 Å². The average molecular weight is 320 g/mol. The molecule has 1 rings (SSSR count). The molecule has 1 N–H and O–H groups in total. The molecule has 1 aromatic rings. The molecule has 1 aromatic carbocycles. The Kier molecular flexibility index (Phi) is 5.29. The molecule has 0 aromatic heterocycles. The minimum Gasteiger partial charge on any atom is -0.309 e. The molecule has 102 valence electrons. The summed E-state index contributed by atoms with van der Waals surface area (Å²) in [5.41, 5.74) is 0.202. The number of benzene rings is 1. The summed E-state index contributed by atoms with van der Waals surface area (Å²) in [4.78, 5) is 0. The maximum absolute atomic E-state index is 14.0. The summed E-state index contributed by atoms with van der Waals surface area (Å²) in [5, 5.41) is 3.29. The van der Waals surface area contributed by atoms with Gasteiger partial charge in [-0.3, -0.25) is 0 Å². The van der Waals surface area contributed by atoms with Crippen LogP contribution >= 0.6 is 15.9 Å². The van der Waals surface area contributed by atoms with Crippen LogP contribution in [-0.2, 0) is 0 Å². The van der Waals surface area contributed by atoms with E-state index in [1.807, 2.05) is 27.7 Å². The largest absolute Gasteiger partial charge is 0.309 e. The van der Waals surface area contributed by atoms with Crippen LogP contribution in [0.2, 0.25) is 0 Å². The number of nitrogens with one attached hydrogen (secondary N) is 1. The van der Waals surface area contributed by atoms with Gasteiger partial charge in [-0.2, -0.15) is 0 Å². The predicted octanol–water partition coefficient (Wildman–Crippen LogP) is 4.81. The van der Waals surface area contributed by atoms with Crippen molar-refractivity contribution in [3.05, 3.63) is 33.8 Å². The highest BCUT2D eigenvalue weighted by molar-refractivity contribution is 9.10. The van der Waals surface area contributed by atoms with Gasteiger partial charge < -0.3 is 5.32 Å². The maximum atomic E-state index is 14.0. The van der Waals surface area contributed by atoms with Crippen LogP contribution in [0.1, 0.15) is 45.7 Å². The molecule has 0 aliphatic heterocycles. The van der Waals surface area contributed by atoms with Crippen LogP contribution in [0.25, 0.3) is 0 Å². The van der Waals surface area contributed by atoms with Crippen molar-refractivity contribution in [1.82, 2.24) is 5.32 Å². The minimum absolute atomic E-state index is 0.159. The van der Waals surface area contributed by atoms with Crippen molar-refractivity contribution < 1.29 is 8.78 Å². The van der Waals surface area contributed by atoms with Crippen molar-refractivity contribution in [2.24, 2.45) is 5.41 Å². The number of hydrogen-bond donors (Lipinski definition) is 1. The Labute approximate surface area is 116 Å². The summed E-state index contributed by atoms with van der Waals surface area (Å²) < 4.78 is 27.7. The Morgan fingerprint density at radius 3 is 2.33 bits per heavy atom. The second-order valence-electron chi connectivity index (χ2n) is 5.54. The Hall–Kier alpha value is -0.480. The molecule has 0 aliphatic carbocycles. The monoisotopic (exact) mass is 319 g/mol. The van der Waals surface area contributed by atoms with Crippen LogP contribution in [0.15, 0.2) is 16.6 Å². The summed E-state index contributed by atoms with van der Waals surface area (Å²) in [6.45, 7) is 8.86. The van der Waals surface area contributed by atoms with Crippen molar-refractivity contribution in [3.63, 3.8) is 0 Å². The highest BCUT2D eigenvalue weighted by Crippen LogP contribution is 2.35. The molecule has 0 aliphatic rings. The third kappa shape index (κ3) is 3.75. The maximum Gasteiger partial charge on any atom is 0.137 e. The Morgan fingerprint density at radius 2 is 1.83 bits per heavy atom. The fraction of sp³-hybridized carbons (Fsp3) is 0.571. The van der Waals surface area contributed by atoms with Crippen molar-refractivity contribution in [3.8, 4) is 0 Å². The van der Waals surface area contributed by atoms with E-state index in [9.17, 15) is 8.78 Å². The quantitative estimate of drug-likeness (QED) is 0.785. The van der Waals surface area contributed by atoms with Crippen molar-refractivity contribution >= 4 is 15.9 Å². The normalized spacial score (nSPS) is 13.7. The SMILES string of the molecule is CCCNC(c1cc(F)c(Br)cc1F)C(C)(C)C. The molecule has 0 fully saturated rings. The number of rotatable bonds is 4. The van der Waals surface area contributed by atoms with Gasteiger partial charge in [0.05, 0.1) is 4.47 Å². The lowest BCUT2D eigenvalue weighted by atomic mass is 9.82. The van der Waals surface area contributed by atoms with Crippen molar-refractivity contribution in [2.75, 3.05) is 6.54 Å². The molecule has 0 bridgehead atoms. The van der Waals surface area contributed by atoms with Crippen LogP contribution in [-0.4, -0.2) is 6.54 Å². The summed E-state index contributed by atoms with van der Waals surface area (Å²) in [7, 11) is 0. The van der Waals surface area contributed by atoms with E-state index in [-0.39, 0.29) is 21.7 Å². The highest BCUT2D eigenvalue weighted by Gasteiger charge is 2.28. The van der Waals surface area contributed by atoms with E-state index in [1.54, 1.807) is 0 Å². The Morgan fingerprint density at radius 1 is 1.22 bits per heavy atom. The van der Waals surface area contributed by atoms with Gasteiger partial charge in [-0.15, -0.1) is 0 Å². The van der Waals surface area contributed by atoms with E-state index in [1.165, 1.54) is 12.1 Å². The average Bonchev–Trinajstić information content (AvgIpc) is 2.24. The fourth-order valence-corrected chi connectivity index (χ4v) is 2.25. The standard InChI is InChI=1S/C14H20BrF2N/c1-5-6-18-13(14(2,3)4)9-7-12(17)10(15)8-11(9)16/h7-8,13,18H,5-6H2,1-4H3. The number of halogens is 3. The van der Waals surface area contributed by atoms with E-state index < -0.39 is 5.82 Å². The van der Waals surface area contributed by atoms with E-state index in [2.05, 4.69) is 21.2 Å². The van der Waals surface area contributed by atoms with Crippen LogP contribution in [0.3, 0.4) is 0 Å². The topological polar surface area (TPSA) is 12.0 Å². The number of hydrogen-bond acceptors (Lipinski definition) is 1. The molecular formula is C14H20BrF2N. The third-order valence-electron chi connectivity index (χ3n) is 2.82. The second-order valence-corrected chi connectivity index (χ2v) is 6.40. The summed E-state index contributed by atoms with van der Waals surface area (Å²) >= 11 is 3.00.